The van der Waals surface area contributed by atoms with Crippen LogP contribution in [0.25, 0.3) is 0 Å². The number of amides is 1. The topological polar surface area (TPSA) is 101 Å². The number of aromatic nitrogens is 2. The fourth-order valence-corrected chi connectivity index (χ4v) is 3.46. The number of hydrogen-bond acceptors (Lipinski definition) is 7. The Morgan fingerprint density at radius 1 is 0.970 bits per heavy atom. The standard InChI is InChI=1S/C24H27N3O6/c1-15-22(16(2)27(26-15)13-17-9-7-6-8-10-17)24(29)33-14-21(28)25-18-11-19(30-3)23(32-5)20(12-18)31-4/h6-12H,13-14H2,1-5H3,(H,25,28). The van der Waals surface area contributed by atoms with Gasteiger partial charge in [0.15, 0.2) is 18.1 Å². The van der Waals surface area contributed by atoms with Crippen LogP contribution in [-0.4, -0.2) is 49.6 Å². The van der Waals surface area contributed by atoms with Gasteiger partial charge in [0, 0.05) is 17.8 Å². The van der Waals surface area contributed by atoms with Crippen LogP contribution in [0.5, 0.6) is 17.2 Å². The van der Waals surface area contributed by atoms with Gasteiger partial charge in [-0.25, -0.2) is 4.79 Å². The van der Waals surface area contributed by atoms with E-state index in [1.165, 1.54) is 21.3 Å². The molecular weight excluding hydrogens is 426 g/mol. The van der Waals surface area contributed by atoms with Gasteiger partial charge in [0.2, 0.25) is 5.75 Å². The van der Waals surface area contributed by atoms with Crippen LogP contribution in [0, 0.1) is 13.8 Å². The van der Waals surface area contributed by atoms with Crippen molar-refractivity contribution in [1.29, 1.82) is 0 Å². The minimum absolute atomic E-state index is 0.353. The number of nitrogens with one attached hydrogen (secondary N) is 1. The number of ether oxygens (including phenoxy) is 4. The Kier molecular flexibility index (Phi) is 7.55. The molecule has 0 aliphatic rings. The number of benzene rings is 2. The van der Waals surface area contributed by atoms with Crippen molar-refractivity contribution in [2.75, 3.05) is 33.3 Å². The maximum Gasteiger partial charge on any atom is 0.342 e. The molecule has 1 aromatic heterocycles. The Bertz CT molecular complexity index is 1120. The first kappa shape index (κ1) is 23.6. The lowest BCUT2D eigenvalue weighted by Crippen LogP contribution is -2.21. The molecule has 33 heavy (non-hydrogen) atoms. The van der Waals surface area contributed by atoms with Crippen LogP contribution in [-0.2, 0) is 16.1 Å². The number of anilines is 1. The summed E-state index contributed by atoms with van der Waals surface area (Å²) < 4.78 is 22.8. The molecule has 1 heterocycles. The average Bonchev–Trinajstić information content (AvgIpc) is 3.09. The molecular formula is C24H27N3O6. The van der Waals surface area contributed by atoms with E-state index in [1.807, 2.05) is 30.3 Å². The molecule has 1 amide bonds. The third-order valence-electron chi connectivity index (χ3n) is 5.04. The van der Waals surface area contributed by atoms with Gasteiger partial charge in [-0.05, 0) is 19.4 Å². The van der Waals surface area contributed by atoms with Crippen molar-refractivity contribution in [3.05, 3.63) is 65.0 Å². The Morgan fingerprint density at radius 2 is 1.61 bits per heavy atom. The zero-order chi connectivity index (χ0) is 24.0. The average molecular weight is 453 g/mol. The van der Waals surface area contributed by atoms with Crippen LogP contribution in [0.3, 0.4) is 0 Å². The van der Waals surface area contributed by atoms with E-state index in [0.29, 0.717) is 46.4 Å². The van der Waals surface area contributed by atoms with Crippen LogP contribution in [0.15, 0.2) is 42.5 Å². The second kappa shape index (κ2) is 10.5. The van der Waals surface area contributed by atoms with Gasteiger partial charge < -0.3 is 24.3 Å². The number of aryl methyl sites for hydroxylation is 1. The fourth-order valence-electron chi connectivity index (χ4n) is 3.46. The lowest BCUT2D eigenvalue weighted by molar-refractivity contribution is -0.119. The van der Waals surface area contributed by atoms with Crippen LogP contribution in [0.2, 0.25) is 0 Å². The molecule has 0 spiro atoms. The third-order valence-corrected chi connectivity index (χ3v) is 5.04. The van der Waals surface area contributed by atoms with E-state index in [1.54, 1.807) is 30.7 Å². The van der Waals surface area contributed by atoms with Gasteiger partial charge in [0.25, 0.3) is 5.91 Å². The Morgan fingerprint density at radius 3 is 2.18 bits per heavy atom. The normalized spacial score (nSPS) is 10.5. The summed E-state index contributed by atoms with van der Waals surface area (Å²) in [6.07, 6.45) is 0. The lowest BCUT2D eigenvalue weighted by atomic mass is 10.2. The van der Waals surface area contributed by atoms with Crippen LogP contribution < -0.4 is 19.5 Å². The van der Waals surface area contributed by atoms with E-state index >= 15 is 0 Å². The summed E-state index contributed by atoms with van der Waals surface area (Å²) >= 11 is 0. The molecule has 0 saturated carbocycles. The molecule has 3 aromatic rings. The number of esters is 1. The van der Waals surface area contributed by atoms with Gasteiger partial charge in [-0.1, -0.05) is 30.3 Å². The zero-order valence-electron chi connectivity index (χ0n) is 19.3. The summed E-state index contributed by atoms with van der Waals surface area (Å²) in [5, 5.41) is 7.12. The lowest BCUT2D eigenvalue weighted by Gasteiger charge is -2.14. The molecule has 0 aliphatic carbocycles. The third kappa shape index (κ3) is 5.43. The maximum absolute atomic E-state index is 12.7. The van der Waals surface area contributed by atoms with Crippen molar-refractivity contribution in [3.63, 3.8) is 0 Å². The minimum Gasteiger partial charge on any atom is -0.493 e. The molecule has 0 aliphatic heterocycles. The van der Waals surface area contributed by atoms with Gasteiger partial charge in [-0.2, -0.15) is 5.10 Å². The molecule has 0 saturated heterocycles. The maximum atomic E-state index is 12.7. The summed E-state index contributed by atoms with van der Waals surface area (Å²) in [5.74, 6) is 0.0688. The SMILES string of the molecule is COc1cc(NC(=O)COC(=O)c2c(C)nn(Cc3ccccc3)c2C)cc(OC)c1OC. The molecule has 3 rings (SSSR count). The number of hydrogen-bond donors (Lipinski definition) is 1. The Hall–Kier alpha value is -4.01. The monoisotopic (exact) mass is 453 g/mol. The van der Waals surface area contributed by atoms with E-state index in [4.69, 9.17) is 18.9 Å². The van der Waals surface area contributed by atoms with Crippen LogP contribution >= 0.6 is 0 Å². The summed E-state index contributed by atoms with van der Waals surface area (Å²) in [6, 6.07) is 13.0. The van der Waals surface area contributed by atoms with Crippen molar-refractivity contribution in [1.82, 2.24) is 9.78 Å². The number of carbonyl (C=O) groups is 2. The summed E-state index contributed by atoms with van der Waals surface area (Å²) in [5.41, 5.74) is 3.04. The molecule has 1 N–H and O–H groups in total. The summed E-state index contributed by atoms with van der Waals surface area (Å²) in [7, 11) is 4.45. The molecule has 0 fully saturated rings. The first-order valence-corrected chi connectivity index (χ1v) is 10.2. The predicted octanol–water partition coefficient (Wildman–Crippen LogP) is 3.37. The Balaban J connectivity index is 1.66. The van der Waals surface area contributed by atoms with Gasteiger partial charge in [-0.3, -0.25) is 9.48 Å². The van der Waals surface area contributed by atoms with Gasteiger partial charge >= 0.3 is 5.97 Å². The van der Waals surface area contributed by atoms with Gasteiger partial charge in [0.05, 0.1) is 39.3 Å². The van der Waals surface area contributed by atoms with Crippen molar-refractivity contribution in [2.45, 2.75) is 20.4 Å². The highest BCUT2D eigenvalue weighted by Gasteiger charge is 2.21. The smallest absolute Gasteiger partial charge is 0.342 e. The van der Waals surface area contributed by atoms with E-state index < -0.39 is 18.5 Å². The summed E-state index contributed by atoms with van der Waals surface area (Å²) in [6.45, 7) is 3.61. The molecule has 0 bridgehead atoms. The number of nitrogens with zero attached hydrogens (tertiary/aromatic N) is 2. The number of carbonyl (C=O) groups excluding carboxylic acids is 2. The van der Waals surface area contributed by atoms with Gasteiger partial charge in [0.1, 0.15) is 5.56 Å². The van der Waals surface area contributed by atoms with Crippen LogP contribution in [0.4, 0.5) is 5.69 Å². The molecule has 9 heteroatoms. The quantitative estimate of drug-likeness (QED) is 0.496. The largest absolute Gasteiger partial charge is 0.493 e. The molecule has 174 valence electrons. The number of methoxy groups -OCH3 is 3. The van der Waals surface area contributed by atoms with E-state index in [-0.39, 0.29) is 0 Å². The first-order valence-electron chi connectivity index (χ1n) is 10.2. The fraction of sp³-hybridized carbons (Fsp3) is 0.292. The van der Waals surface area contributed by atoms with Crippen molar-refractivity contribution >= 4 is 17.6 Å². The minimum atomic E-state index is -0.607. The Labute approximate surface area is 192 Å². The second-order valence-corrected chi connectivity index (χ2v) is 7.23. The van der Waals surface area contributed by atoms with E-state index in [0.717, 1.165) is 5.56 Å². The summed E-state index contributed by atoms with van der Waals surface area (Å²) in [4.78, 5) is 25.1. The second-order valence-electron chi connectivity index (χ2n) is 7.23. The highest BCUT2D eigenvalue weighted by atomic mass is 16.5. The number of rotatable bonds is 9. The van der Waals surface area contributed by atoms with Crippen LogP contribution in [0.1, 0.15) is 27.3 Å². The molecule has 0 radical (unpaired) electrons. The first-order chi connectivity index (χ1) is 15.9. The molecule has 0 atom stereocenters. The van der Waals surface area contributed by atoms with E-state index in [2.05, 4.69) is 10.4 Å². The van der Waals surface area contributed by atoms with Crippen molar-refractivity contribution in [2.24, 2.45) is 0 Å². The highest BCUT2D eigenvalue weighted by molar-refractivity contribution is 5.96. The molecule has 2 aromatic carbocycles. The zero-order valence-corrected chi connectivity index (χ0v) is 19.3. The van der Waals surface area contributed by atoms with Crippen molar-refractivity contribution in [3.8, 4) is 17.2 Å². The van der Waals surface area contributed by atoms with Gasteiger partial charge in [-0.15, -0.1) is 0 Å². The van der Waals surface area contributed by atoms with Crippen molar-refractivity contribution < 1.29 is 28.5 Å². The molecule has 9 nitrogen and oxygen atoms in total. The van der Waals surface area contributed by atoms with E-state index in [9.17, 15) is 9.59 Å². The predicted molar refractivity (Wildman–Crippen MR) is 122 cm³/mol. The highest BCUT2D eigenvalue weighted by Crippen LogP contribution is 2.39. The molecule has 0 unspecified atom stereocenters.